The van der Waals surface area contributed by atoms with Crippen molar-refractivity contribution in [1.82, 2.24) is 14.6 Å². The zero-order valence-corrected chi connectivity index (χ0v) is 10.9. The van der Waals surface area contributed by atoms with Crippen molar-refractivity contribution in [2.24, 2.45) is 0 Å². The van der Waals surface area contributed by atoms with Gasteiger partial charge in [0.2, 0.25) is 5.95 Å². The molecule has 5 heteroatoms. The number of aromatic nitrogens is 3. The highest BCUT2D eigenvalue weighted by atomic mass is 32.1. The molecule has 3 aromatic rings. The molecular formula is C13H14N4S. The average molecular weight is 258 g/mol. The van der Waals surface area contributed by atoms with Gasteiger partial charge in [-0.15, -0.1) is 16.4 Å². The van der Waals surface area contributed by atoms with Crippen molar-refractivity contribution in [2.75, 3.05) is 11.9 Å². The second kappa shape index (κ2) is 4.78. The summed E-state index contributed by atoms with van der Waals surface area (Å²) in [6.07, 6.45) is 2.94. The van der Waals surface area contributed by atoms with Crippen LogP contribution in [0.15, 0.2) is 35.8 Å². The minimum Gasteiger partial charge on any atom is -0.353 e. The van der Waals surface area contributed by atoms with Gasteiger partial charge in [0, 0.05) is 17.6 Å². The Morgan fingerprint density at radius 3 is 3.17 bits per heavy atom. The van der Waals surface area contributed by atoms with Crippen molar-refractivity contribution >= 4 is 22.9 Å². The normalized spacial score (nSPS) is 10.9. The van der Waals surface area contributed by atoms with Crippen LogP contribution in [0.4, 0.5) is 5.95 Å². The van der Waals surface area contributed by atoms with E-state index in [1.807, 2.05) is 18.3 Å². The second-order valence-electron chi connectivity index (χ2n) is 4.20. The molecule has 0 aliphatic carbocycles. The van der Waals surface area contributed by atoms with Gasteiger partial charge in [0.05, 0.1) is 0 Å². The molecule has 0 fully saturated rings. The van der Waals surface area contributed by atoms with Gasteiger partial charge in [0.1, 0.15) is 0 Å². The largest absolute Gasteiger partial charge is 0.353 e. The molecule has 3 aromatic heterocycles. The molecule has 92 valence electrons. The van der Waals surface area contributed by atoms with E-state index in [9.17, 15) is 0 Å². The summed E-state index contributed by atoms with van der Waals surface area (Å²) in [6, 6.07) is 8.27. The fourth-order valence-corrected chi connectivity index (χ4v) is 2.52. The first-order chi connectivity index (χ1) is 8.81. The summed E-state index contributed by atoms with van der Waals surface area (Å²) in [7, 11) is 0. The summed E-state index contributed by atoms with van der Waals surface area (Å²) in [6.45, 7) is 2.91. The molecular weight excluding hydrogens is 244 g/mol. The predicted octanol–water partition coefficient (Wildman–Crippen LogP) is 2.75. The smallest absolute Gasteiger partial charge is 0.243 e. The molecule has 4 nitrogen and oxygen atoms in total. The molecule has 1 N–H and O–H groups in total. The molecule has 0 aliphatic rings. The summed E-state index contributed by atoms with van der Waals surface area (Å²) in [5.41, 5.74) is 2.08. The highest BCUT2D eigenvalue weighted by molar-refractivity contribution is 7.09. The highest BCUT2D eigenvalue weighted by Gasteiger charge is 2.02. The van der Waals surface area contributed by atoms with Gasteiger partial charge in [0.15, 0.2) is 5.65 Å². The third kappa shape index (κ3) is 2.36. The predicted molar refractivity (Wildman–Crippen MR) is 74.2 cm³/mol. The van der Waals surface area contributed by atoms with Crippen molar-refractivity contribution < 1.29 is 0 Å². The minimum absolute atomic E-state index is 0.692. The number of nitrogens with zero attached hydrogens (tertiary/aromatic N) is 3. The highest BCUT2D eigenvalue weighted by Crippen LogP contribution is 2.10. The van der Waals surface area contributed by atoms with Crippen LogP contribution in [0.1, 0.15) is 10.4 Å². The number of pyridine rings is 1. The number of aryl methyl sites for hydroxylation is 1. The first-order valence-electron chi connectivity index (χ1n) is 5.90. The van der Waals surface area contributed by atoms with E-state index in [-0.39, 0.29) is 0 Å². The molecule has 0 saturated heterocycles. The third-order valence-electron chi connectivity index (χ3n) is 2.73. The Hall–Kier alpha value is -1.88. The van der Waals surface area contributed by atoms with Crippen molar-refractivity contribution in [1.29, 1.82) is 0 Å². The topological polar surface area (TPSA) is 42.2 Å². The standard InChI is InChI=1S/C13H14N4S/c1-10-5-7-17-12(9-10)15-13(16-17)14-6-4-11-3-2-8-18-11/h2-3,5,7-9H,4,6H2,1H3,(H,14,16). The van der Waals surface area contributed by atoms with Gasteiger partial charge in [-0.3, -0.25) is 0 Å². The van der Waals surface area contributed by atoms with Gasteiger partial charge < -0.3 is 5.32 Å². The van der Waals surface area contributed by atoms with E-state index in [2.05, 4.69) is 39.8 Å². The van der Waals surface area contributed by atoms with Crippen molar-refractivity contribution in [3.05, 3.63) is 46.3 Å². The van der Waals surface area contributed by atoms with Crippen LogP contribution in [-0.4, -0.2) is 21.1 Å². The maximum atomic E-state index is 4.44. The van der Waals surface area contributed by atoms with Crippen LogP contribution in [-0.2, 0) is 6.42 Å². The monoisotopic (exact) mass is 258 g/mol. The van der Waals surface area contributed by atoms with Crippen molar-refractivity contribution in [3.8, 4) is 0 Å². The fourth-order valence-electron chi connectivity index (χ4n) is 1.81. The summed E-state index contributed by atoms with van der Waals surface area (Å²) in [5, 5.41) is 9.72. The fraction of sp³-hybridized carbons (Fsp3) is 0.231. The van der Waals surface area contributed by atoms with Crippen LogP contribution in [0.2, 0.25) is 0 Å². The Kier molecular flexibility index (Phi) is 2.98. The van der Waals surface area contributed by atoms with Crippen LogP contribution < -0.4 is 5.32 Å². The zero-order chi connectivity index (χ0) is 12.4. The van der Waals surface area contributed by atoms with Crippen LogP contribution >= 0.6 is 11.3 Å². The summed E-state index contributed by atoms with van der Waals surface area (Å²) in [4.78, 5) is 5.81. The minimum atomic E-state index is 0.692. The number of hydrogen-bond acceptors (Lipinski definition) is 4. The van der Waals surface area contributed by atoms with Crippen LogP contribution in [0.3, 0.4) is 0 Å². The van der Waals surface area contributed by atoms with Crippen LogP contribution in [0.5, 0.6) is 0 Å². The van der Waals surface area contributed by atoms with Crippen molar-refractivity contribution in [2.45, 2.75) is 13.3 Å². The number of rotatable bonds is 4. The van der Waals surface area contributed by atoms with E-state index in [1.54, 1.807) is 15.9 Å². The van der Waals surface area contributed by atoms with E-state index in [0.717, 1.165) is 18.6 Å². The van der Waals surface area contributed by atoms with Gasteiger partial charge in [-0.05, 0) is 42.5 Å². The molecule has 0 bridgehead atoms. The third-order valence-corrected chi connectivity index (χ3v) is 3.66. The number of hydrogen-bond donors (Lipinski definition) is 1. The Bertz CT molecular complexity index is 642. The Balaban J connectivity index is 1.67. The lowest BCUT2D eigenvalue weighted by atomic mass is 10.3. The SMILES string of the molecule is Cc1ccn2nc(NCCc3cccs3)nc2c1. The van der Waals surface area contributed by atoms with Gasteiger partial charge >= 0.3 is 0 Å². The number of nitrogens with one attached hydrogen (secondary N) is 1. The van der Waals surface area contributed by atoms with E-state index in [0.29, 0.717) is 5.95 Å². The molecule has 0 radical (unpaired) electrons. The van der Waals surface area contributed by atoms with E-state index < -0.39 is 0 Å². The lowest BCUT2D eigenvalue weighted by Gasteiger charge is -1.98. The van der Waals surface area contributed by atoms with Crippen molar-refractivity contribution in [3.63, 3.8) is 0 Å². The van der Waals surface area contributed by atoms with Gasteiger partial charge in [0.25, 0.3) is 0 Å². The molecule has 0 unspecified atom stereocenters. The number of fused-ring (bicyclic) bond motifs is 1. The Labute approximate surface area is 109 Å². The average Bonchev–Trinajstić information content (AvgIpc) is 2.97. The molecule has 0 saturated carbocycles. The summed E-state index contributed by atoms with van der Waals surface area (Å²) >= 11 is 1.78. The van der Waals surface area contributed by atoms with E-state index in [4.69, 9.17) is 0 Å². The quantitative estimate of drug-likeness (QED) is 0.782. The maximum absolute atomic E-state index is 4.44. The summed E-state index contributed by atoms with van der Waals surface area (Å²) in [5.74, 6) is 0.692. The van der Waals surface area contributed by atoms with Gasteiger partial charge in [-0.25, -0.2) is 4.52 Å². The molecule has 18 heavy (non-hydrogen) atoms. The molecule has 0 amide bonds. The van der Waals surface area contributed by atoms with Crippen LogP contribution in [0.25, 0.3) is 5.65 Å². The molecule has 0 atom stereocenters. The molecule has 0 spiro atoms. The summed E-state index contributed by atoms with van der Waals surface area (Å²) < 4.78 is 1.79. The lowest BCUT2D eigenvalue weighted by Crippen LogP contribution is -2.05. The lowest BCUT2D eigenvalue weighted by molar-refractivity contribution is 0.939. The Morgan fingerprint density at radius 1 is 1.39 bits per heavy atom. The van der Waals surface area contributed by atoms with Gasteiger partial charge in [-0.2, -0.15) is 4.98 Å². The number of anilines is 1. The molecule has 3 heterocycles. The first-order valence-corrected chi connectivity index (χ1v) is 6.78. The first kappa shape index (κ1) is 11.2. The maximum Gasteiger partial charge on any atom is 0.243 e. The van der Waals surface area contributed by atoms with Gasteiger partial charge in [-0.1, -0.05) is 6.07 Å². The van der Waals surface area contributed by atoms with Crippen LogP contribution in [0, 0.1) is 6.92 Å². The Morgan fingerprint density at radius 2 is 2.33 bits per heavy atom. The molecule has 0 aliphatic heterocycles. The zero-order valence-electron chi connectivity index (χ0n) is 10.1. The second-order valence-corrected chi connectivity index (χ2v) is 5.23. The molecule has 3 rings (SSSR count). The van der Waals surface area contributed by atoms with E-state index >= 15 is 0 Å². The number of thiophene rings is 1. The van der Waals surface area contributed by atoms with E-state index in [1.165, 1.54) is 10.4 Å². The molecule has 0 aromatic carbocycles.